The van der Waals surface area contributed by atoms with E-state index in [0.29, 0.717) is 5.82 Å². The van der Waals surface area contributed by atoms with Crippen LogP contribution in [0.15, 0.2) is 24.3 Å². The molecule has 0 radical (unpaired) electrons. The normalized spacial score (nSPS) is 10.0. The topological polar surface area (TPSA) is 61.6 Å². The smallest absolute Gasteiger partial charge is 0.149 e. The van der Waals surface area contributed by atoms with Crippen molar-refractivity contribution in [3.8, 4) is 17.3 Å². The molecule has 19 heavy (non-hydrogen) atoms. The first-order valence-corrected chi connectivity index (χ1v) is 6.14. The maximum atomic E-state index is 8.49. The van der Waals surface area contributed by atoms with Gasteiger partial charge in [-0.3, -0.25) is 0 Å². The van der Waals surface area contributed by atoms with Crippen LogP contribution in [0.5, 0.6) is 0 Å². The maximum absolute atomic E-state index is 8.49. The van der Waals surface area contributed by atoms with Crippen LogP contribution in [-0.4, -0.2) is 16.7 Å². The lowest BCUT2D eigenvalue weighted by Crippen LogP contribution is -2.02. The fourth-order valence-electron chi connectivity index (χ4n) is 1.94. The van der Waals surface area contributed by atoms with E-state index in [1.807, 2.05) is 18.2 Å². The second-order valence-corrected chi connectivity index (χ2v) is 4.57. The van der Waals surface area contributed by atoms with Crippen molar-refractivity contribution < 1.29 is 0 Å². The van der Waals surface area contributed by atoms with Gasteiger partial charge in [0.15, 0.2) is 0 Å². The second-order valence-electron chi connectivity index (χ2n) is 4.57. The molecule has 0 amide bonds. The van der Waals surface area contributed by atoms with E-state index in [0.717, 1.165) is 11.3 Å². The van der Waals surface area contributed by atoms with E-state index in [9.17, 15) is 0 Å². The van der Waals surface area contributed by atoms with Crippen LogP contribution in [0.1, 0.15) is 16.7 Å². The highest BCUT2D eigenvalue weighted by Gasteiger charge is 2.06. The Kier molecular flexibility index (Phi) is 3.76. The van der Waals surface area contributed by atoms with E-state index < -0.39 is 0 Å². The minimum absolute atomic E-state index is 0.233. The van der Waals surface area contributed by atoms with Crippen molar-refractivity contribution in [2.75, 3.05) is 11.9 Å². The van der Waals surface area contributed by atoms with Gasteiger partial charge in [0.25, 0.3) is 0 Å². The third-order valence-electron chi connectivity index (χ3n) is 3.13. The van der Waals surface area contributed by atoms with Crippen LogP contribution in [-0.2, 0) is 0 Å². The summed E-state index contributed by atoms with van der Waals surface area (Å²) in [6, 6.07) is 10.1. The third kappa shape index (κ3) is 2.89. The molecule has 0 bridgehead atoms. The minimum Gasteiger partial charge on any atom is -0.356 e. The summed E-state index contributed by atoms with van der Waals surface area (Å²) in [6.07, 6.45) is 0. The van der Waals surface area contributed by atoms with Gasteiger partial charge in [0.05, 0.1) is 11.8 Å². The van der Waals surface area contributed by atoms with Crippen molar-refractivity contribution in [2.24, 2.45) is 0 Å². The van der Waals surface area contributed by atoms with Crippen LogP contribution in [0.4, 0.5) is 5.82 Å². The number of benzene rings is 1. The van der Waals surface area contributed by atoms with Gasteiger partial charge in [-0.1, -0.05) is 6.07 Å². The van der Waals surface area contributed by atoms with Crippen LogP contribution < -0.4 is 5.32 Å². The van der Waals surface area contributed by atoms with E-state index in [2.05, 4.69) is 48.4 Å². The largest absolute Gasteiger partial charge is 0.356 e. The number of aryl methyl sites for hydroxylation is 3. The van der Waals surface area contributed by atoms with Gasteiger partial charge in [-0.05, 0) is 55.7 Å². The summed E-state index contributed by atoms with van der Waals surface area (Å²) < 4.78 is 0. The number of nitriles is 1. The Morgan fingerprint density at radius 2 is 1.79 bits per heavy atom. The fraction of sp³-hybridized carbons (Fsp3) is 0.267. The van der Waals surface area contributed by atoms with E-state index in [1.54, 1.807) is 0 Å². The first-order chi connectivity index (χ1) is 9.11. The van der Waals surface area contributed by atoms with Crippen LogP contribution in [0.3, 0.4) is 0 Å². The number of nitrogens with zero attached hydrogens (tertiary/aromatic N) is 3. The molecule has 1 heterocycles. The summed E-state index contributed by atoms with van der Waals surface area (Å²) in [7, 11) is 0. The van der Waals surface area contributed by atoms with Crippen LogP contribution in [0.2, 0.25) is 0 Å². The Morgan fingerprint density at radius 3 is 2.42 bits per heavy atom. The van der Waals surface area contributed by atoms with Crippen molar-refractivity contribution >= 4 is 5.82 Å². The molecule has 0 spiro atoms. The Balaban J connectivity index is 2.32. The lowest BCUT2D eigenvalue weighted by atomic mass is 9.99. The lowest BCUT2D eigenvalue weighted by Gasteiger charge is -2.09. The monoisotopic (exact) mass is 252 g/mol. The first kappa shape index (κ1) is 13.0. The molecule has 1 aromatic heterocycles. The van der Waals surface area contributed by atoms with Gasteiger partial charge in [0.1, 0.15) is 12.4 Å². The first-order valence-electron chi connectivity index (χ1n) is 6.14. The highest BCUT2D eigenvalue weighted by Crippen LogP contribution is 2.24. The summed E-state index contributed by atoms with van der Waals surface area (Å²) in [5.74, 6) is 0.617. The molecule has 2 rings (SSSR count). The molecule has 0 unspecified atom stereocenters. The van der Waals surface area contributed by atoms with Gasteiger partial charge in [-0.25, -0.2) is 0 Å². The Morgan fingerprint density at radius 1 is 1.05 bits per heavy atom. The Hall–Kier alpha value is -2.41. The number of rotatable bonds is 3. The van der Waals surface area contributed by atoms with E-state index in [1.165, 1.54) is 16.7 Å². The zero-order valence-electron chi connectivity index (χ0n) is 11.4. The summed E-state index contributed by atoms with van der Waals surface area (Å²) in [6.45, 7) is 6.50. The van der Waals surface area contributed by atoms with E-state index >= 15 is 0 Å². The molecule has 0 aliphatic heterocycles. The molecule has 0 fully saturated rings. The predicted octanol–water partition coefficient (Wildman–Crippen LogP) is 3.00. The lowest BCUT2D eigenvalue weighted by molar-refractivity contribution is 1.03. The highest BCUT2D eigenvalue weighted by molar-refractivity contribution is 5.65. The molecule has 0 aliphatic rings. The number of aromatic nitrogens is 2. The van der Waals surface area contributed by atoms with Gasteiger partial charge >= 0.3 is 0 Å². The minimum atomic E-state index is 0.233. The van der Waals surface area contributed by atoms with Crippen molar-refractivity contribution in [1.29, 1.82) is 5.26 Å². The average Bonchev–Trinajstić information content (AvgIpc) is 2.41. The third-order valence-corrected chi connectivity index (χ3v) is 3.13. The van der Waals surface area contributed by atoms with Gasteiger partial charge in [0.2, 0.25) is 0 Å². The number of hydrogen-bond acceptors (Lipinski definition) is 4. The molecule has 1 aromatic carbocycles. The number of nitrogens with one attached hydrogen (secondary N) is 1. The highest BCUT2D eigenvalue weighted by atomic mass is 15.2. The molecule has 0 aliphatic carbocycles. The molecule has 1 N–H and O–H groups in total. The van der Waals surface area contributed by atoms with Gasteiger partial charge in [-0.15, -0.1) is 10.2 Å². The quantitative estimate of drug-likeness (QED) is 0.853. The molecular formula is C15H16N4. The standard InChI is InChI=1S/C15H16N4/c1-10-8-12(3)13(9-11(10)2)14-4-5-15(19-18-14)17-7-6-16/h4-5,8-9H,7H2,1-3H3,(H,17,19). The molecule has 96 valence electrons. The molecule has 4 nitrogen and oxygen atoms in total. The Labute approximate surface area is 113 Å². The SMILES string of the molecule is Cc1cc(C)c(-c2ccc(NCC#N)nn2)cc1C. The summed E-state index contributed by atoms with van der Waals surface area (Å²) in [4.78, 5) is 0. The number of hydrogen-bond donors (Lipinski definition) is 1. The second kappa shape index (κ2) is 5.49. The van der Waals surface area contributed by atoms with Gasteiger partial charge in [-0.2, -0.15) is 5.26 Å². The average molecular weight is 252 g/mol. The molecular weight excluding hydrogens is 236 g/mol. The zero-order chi connectivity index (χ0) is 13.8. The maximum Gasteiger partial charge on any atom is 0.149 e. The molecule has 0 saturated heterocycles. The summed E-state index contributed by atoms with van der Waals surface area (Å²) >= 11 is 0. The van der Waals surface area contributed by atoms with Crippen molar-refractivity contribution in [3.63, 3.8) is 0 Å². The summed E-state index contributed by atoms with van der Waals surface area (Å²) in [5, 5.41) is 19.7. The van der Waals surface area contributed by atoms with Crippen molar-refractivity contribution in [3.05, 3.63) is 41.0 Å². The van der Waals surface area contributed by atoms with E-state index in [-0.39, 0.29) is 6.54 Å². The van der Waals surface area contributed by atoms with Crippen LogP contribution >= 0.6 is 0 Å². The molecule has 2 aromatic rings. The fourth-order valence-corrected chi connectivity index (χ4v) is 1.94. The zero-order valence-corrected chi connectivity index (χ0v) is 11.4. The van der Waals surface area contributed by atoms with Crippen molar-refractivity contribution in [2.45, 2.75) is 20.8 Å². The van der Waals surface area contributed by atoms with Crippen molar-refractivity contribution in [1.82, 2.24) is 10.2 Å². The van der Waals surface area contributed by atoms with Crippen LogP contribution in [0.25, 0.3) is 11.3 Å². The van der Waals surface area contributed by atoms with Crippen LogP contribution in [0, 0.1) is 32.1 Å². The molecule has 4 heteroatoms. The molecule has 0 saturated carbocycles. The van der Waals surface area contributed by atoms with E-state index in [4.69, 9.17) is 5.26 Å². The predicted molar refractivity (Wildman–Crippen MR) is 75.8 cm³/mol. The summed E-state index contributed by atoms with van der Waals surface area (Å²) in [5.41, 5.74) is 5.66. The van der Waals surface area contributed by atoms with Gasteiger partial charge < -0.3 is 5.32 Å². The van der Waals surface area contributed by atoms with Gasteiger partial charge in [0, 0.05) is 5.56 Å². The molecule has 0 atom stereocenters. The Bertz CT molecular complexity index is 624. The number of anilines is 1.